The third kappa shape index (κ3) is 4.39. The number of furan rings is 1. The number of nitrogens with one attached hydrogen (secondary N) is 1. The summed E-state index contributed by atoms with van der Waals surface area (Å²) in [5.41, 5.74) is 2.26. The maximum Gasteiger partial charge on any atom is 0.337 e. The second-order valence-electron chi connectivity index (χ2n) is 5.89. The van der Waals surface area contributed by atoms with E-state index in [2.05, 4.69) is 5.32 Å². The van der Waals surface area contributed by atoms with E-state index in [9.17, 15) is 9.90 Å². The molecule has 0 amide bonds. The van der Waals surface area contributed by atoms with Crippen LogP contribution in [0.4, 0.5) is 0 Å². The molecule has 0 spiro atoms. The summed E-state index contributed by atoms with van der Waals surface area (Å²) in [5.74, 6) is 1.14. The summed E-state index contributed by atoms with van der Waals surface area (Å²) in [4.78, 5) is 11.5. The molecule has 0 radical (unpaired) electrons. The van der Waals surface area contributed by atoms with Gasteiger partial charge in [0.1, 0.15) is 11.5 Å². The first-order valence-electron chi connectivity index (χ1n) is 8.38. The van der Waals surface area contributed by atoms with Gasteiger partial charge < -0.3 is 19.6 Å². The minimum Gasteiger partial charge on any atom is -0.465 e. The lowest BCUT2D eigenvalue weighted by atomic mass is 10.1. The van der Waals surface area contributed by atoms with Crippen LogP contribution in [-0.4, -0.2) is 24.7 Å². The van der Waals surface area contributed by atoms with E-state index in [1.165, 1.54) is 7.11 Å². The molecule has 0 aliphatic carbocycles. The van der Waals surface area contributed by atoms with Crippen LogP contribution < -0.4 is 5.32 Å². The van der Waals surface area contributed by atoms with Gasteiger partial charge in [-0.15, -0.1) is 0 Å². The number of carbonyl (C=O) groups excluding carboxylic acids is 1. The Balaban J connectivity index is 1.55. The molecule has 2 aromatic carbocycles. The third-order valence-electron chi connectivity index (χ3n) is 4.07. The van der Waals surface area contributed by atoms with Crippen LogP contribution in [0.3, 0.4) is 0 Å². The van der Waals surface area contributed by atoms with Gasteiger partial charge in [-0.2, -0.15) is 0 Å². The highest BCUT2D eigenvalue weighted by Gasteiger charge is 2.09. The Morgan fingerprint density at radius 2 is 1.81 bits per heavy atom. The lowest BCUT2D eigenvalue weighted by Crippen LogP contribution is -2.20. The first-order valence-corrected chi connectivity index (χ1v) is 8.38. The predicted molar refractivity (Wildman–Crippen MR) is 98.6 cm³/mol. The maximum atomic E-state index is 11.5. The van der Waals surface area contributed by atoms with Gasteiger partial charge in [0.2, 0.25) is 0 Å². The van der Waals surface area contributed by atoms with Crippen LogP contribution in [0.25, 0.3) is 11.3 Å². The molecule has 1 heterocycles. The molecule has 1 atom stereocenters. The summed E-state index contributed by atoms with van der Waals surface area (Å²) >= 11 is 0. The molecule has 134 valence electrons. The summed E-state index contributed by atoms with van der Waals surface area (Å²) < 4.78 is 10.5. The molecule has 26 heavy (non-hydrogen) atoms. The van der Waals surface area contributed by atoms with Crippen molar-refractivity contribution in [3.8, 4) is 11.3 Å². The van der Waals surface area contributed by atoms with Gasteiger partial charge in [0.15, 0.2) is 0 Å². The van der Waals surface area contributed by atoms with E-state index in [-0.39, 0.29) is 5.97 Å². The number of carbonyl (C=O) groups is 1. The average Bonchev–Trinajstić information content (AvgIpc) is 3.17. The number of rotatable bonds is 7. The minimum atomic E-state index is -0.559. The van der Waals surface area contributed by atoms with Crippen LogP contribution in [0.1, 0.15) is 27.8 Å². The zero-order valence-corrected chi connectivity index (χ0v) is 14.5. The number of aliphatic hydroxyl groups excluding tert-OH is 1. The second-order valence-corrected chi connectivity index (χ2v) is 5.89. The lowest BCUT2D eigenvalue weighted by molar-refractivity contribution is 0.0600. The normalized spacial score (nSPS) is 11.9. The van der Waals surface area contributed by atoms with Gasteiger partial charge in [0, 0.05) is 12.1 Å². The molecule has 0 bridgehead atoms. The number of benzene rings is 2. The summed E-state index contributed by atoms with van der Waals surface area (Å²) in [6, 6.07) is 20.4. The highest BCUT2D eigenvalue weighted by Crippen LogP contribution is 2.23. The smallest absolute Gasteiger partial charge is 0.337 e. The van der Waals surface area contributed by atoms with Crippen LogP contribution in [0, 0.1) is 0 Å². The van der Waals surface area contributed by atoms with E-state index >= 15 is 0 Å². The molecule has 3 rings (SSSR count). The molecule has 0 aliphatic heterocycles. The zero-order chi connectivity index (χ0) is 18.4. The van der Waals surface area contributed by atoms with E-state index in [1.807, 2.05) is 54.6 Å². The fourth-order valence-corrected chi connectivity index (χ4v) is 2.64. The van der Waals surface area contributed by atoms with Gasteiger partial charge in [0.05, 0.1) is 25.3 Å². The van der Waals surface area contributed by atoms with Crippen LogP contribution >= 0.6 is 0 Å². The van der Waals surface area contributed by atoms with Gasteiger partial charge in [-0.1, -0.05) is 42.5 Å². The van der Waals surface area contributed by atoms with Crippen molar-refractivity contribution in [3.63, 3.8) is 0 Å². The minimum absolute atomic E-state index is 0.363. The molecule has 5 heteroatoms. The first kappa shape index (κ1) is 17.9. The molecule has 0 saturated carbocycles. The highest BCUT2D eigenvalue weighted by atomic mass is 16.5. The predicted octanol–water partition coefficient (Wildman–Crippen LogP) is 3.56. The molecule has 0 saturated heterocycles. The van der Waals surface area contributed by atoms with Gasteiger partial charge in [-0.25, -0.2) is 4.79 Å². The van der Waals surface area contributed by atoms with Gasteiger partial charge in [-0.3, -0.25) is 0 Å². The van der Waals surface area contributed by atoms with Crippen LogP contribution in [0.2, 0.25) is 0 Å². The standard InChI is InChI=1S/C21H21NO4/c1-25-21(24)17-9-7-16(8-10-17)20-12-11-18(26-20)13-22-14-19(23)15-5-3-2-4-6-15/h2-12,19,22-23H,13-14H2,1H3/t19-/m0/s1. The molecule has 0 fully saturated rings. The van der Waals surface area contributed by atoms with Crippen molar-refractivity contribution in [2.45, 2.75) is 12.6 Å². The van der Waals surface area contributed by atoms with Crippen molar-refractivity contribution in [2.75, 3.05) is 13.7 Å². The van der Waals surface area contributed by atoms with E-state index in [1.54, 1.807) is 12.1 Å². The number of ether oxygens (including phenoxy) is 1. The van der Waals surface area contributed by atoms with Crippen molar-refractivity contribution in [1.82, 2.24) is 5.32 Å². The molecule has 2 N–H and O–H groups in total. The van der Waals surface area contributed by atoms with Crippen molar-refractivity contribution < 1.29 is 19.1 Å². The summed E-state index contributed by atoms with van der Waals surface area (Å²) in [5, 5.41) is 13.3. The summed E-state index contributed by atoms with van der Waals surface area (Å²) in [6.07, 6.45) is -0.559. The topological polar surface area (TPSA) is 71.7 Å². The fraction of sp³-hybridized carbons (Fsp3) is 0.190. The van der Waals surface area contributed by atoms with Crippen molar-refractivity contribution in [3.05, 3.63) is 83.6 Å². The number of hydrogen-bond acceptors (Lipinski definition) is 5. The molecular formula is C21H21NO4. The Bertz CT molecular complexity index is 840. The Hall–Kier alpha value is -2.89. The number of aliphatic hydroxyl groups is 1. The SMILES string of the molecule is COC(=O)c1ccc(-c2ccc(CNC[C@H](O)c3ccccc3)o2)cc1. The Kier molecular flexibility index (Phi) is 5.84. The molecule has 0 unspecified atom stereocenters. The molecular weight excluding hydrogens is 330 g/mol. The van der Waals surface area contributed by atoms with Gasteiger partial charge >= 0.3 is 5.97 Å². The van der Waals surface area contributed by atoms with Crippen LogP contribution in [0.5, 0.6) is 0 Å². The highest BCUT2D eigenvalue weighted by molar-refractivity contribution is 5.89. The molecule has 1 aromatic heterocycles. The zero-order valence-electron chi connectivity index (χ0n) is 14.5. The number of esters is 1. The van der Waals surface area contributed by atoms with E-state index in [0.29, 0.717) is 18.7 Å². The summed E-state index contributed by atoms with van der Waals surface area (Å²) in [6.45, 7) is 0.956. The molecule has 0 aliphatic rings. The summed E-state index contributed by atoms with van der Waals surface area (Å²) in [7, 11) is 1.36. The van der Waals surface area contributed by atoms with Gasteiger partial charge in [0.25, 0.3) is 0 Å². The van der Waals surface area contributed by atoms with Crippen molar-refractivity contribution in [1.29, 1.82) is 0 Å². The third-order valence-corrected chi connectivity index (χ3v) is 4.07. The maximum absolute atomic E-state index is 11.5. The largest absolute Gasteiger partial charge is 0.465 e. The Morgan fingerprint density at radius 1 is 1.08 bits per heavy atom. The van der Waals surface area contributed by atoms with Crippen LogP contribution in [-0.2, 0) is 11.3 Å². The monoisotopic (exact) mass is 351 g/mol. The lowest BCUT2D eigenvalue weighted by Gasteiger charge is -2.11. The van der Waals surface area contributed by atoms with Crippen LogP contribution in [0.15, 0.2) is 71.1 Å². The van der Waals surface area contributed by atoms with E-state index in [0.717, 1.165) is 22.6 Å². The molecule has 5 nitrogen and oxygen atoms in total. The number of hydrogen-bond donors (Lipinski definition) is 2. The second kappa shape index (κ2) is 8.47. The van der Waals surface area contributed by atoms with E-state index in [4.69, 9.17) is 9.15 Å². The Morgan fingerprint density at radius 3 is 2.50 bits per heavy atom. The number of methoxy groups -OCH3 is 1. The van der Waals surface area contributed by atoms with Gasteiger partial charge in [-0.05, 0) is 29.8 Å². The van der Waals surface area contributed by atoms with E-state index < -0.39 is 6.10 Å². The van der Waals surface area contributed by atoms with Crippen molar-refractivity contribution >= 4 is 5.97 Å². The first-order chi connectivity index (χ1) is 12.7. The van der Waals surface area contributed by atoms with Crippen molar-refractivity contribution in [2.24, 2.45) is 0 Å². The quantitative estimate of drug-likeness (QED) is 0.637. The average molecular weight is 351 g/mol. The fourth-order valence-electron chi connectivity index (χ4n) is 2.64. The Labute approximate surface area is 152 Å². The molecule has 3 aromatic rings.